The number of nitrogens with zero attached hydrogens (tertiary/aromatic N) is 3. The first kappa shape index (κ1) is 24.6. The maximum Gasteiger partial charge on any atom is 0.249 e. The summed E-state index contributed by atoms with van der Waals surface area (Å²) in [5, 5.41) is 3.47. The number of nitrogens with two attached hydrogens (primary N) is 1. The lowest BCUT2D eigenvalue weighted by atomic mass is 10.0. The summed E-state index contributed by atoms with van der Waals surface area (Å²) in [5.74, 6) is -0.502. The van der Waals surface area contributed by atoms with Crippen molar-refractivity contribution < 1.29 is 9.59 Å². The molecule has 4 rings (SSSR count). The van der Waals surface area contributed by atoms with Crippen LogP contribution < -0.4 is 16.0 Å². The van der Waals surface area contributed by atoms with Gasteiger partial charge in [-0.15, -0.1) is 0 Å². The zero-order chi connectivity index (χ0) is 24.9. The van der Waals surface area contributed by atoms with E-state index in [-0.39, 0.29) is 12.3 Å². The summed E-state index contributed by atoms with van der Waals surface area (Å²) in [5.41, 5.74) is 11.0. The summed E-state index contributed by atoms with van der Waals surface area (Å²) >= 11 is 0. The number of carbonyl (C=O) groups is 2. The normalized spacial score (nSPS) is 16.1. The van der Waals surface area contributed by atoms with Gasteiger partial charge in [-0.25, -0.2) is 0 Å². The van der Waals surface area contributed by atoms with Crippen LogP contribution in [0, 0.1) is 6.92 Å². The third-order valence-corrected chi connectivity index (χ3v) is 6.56. The van der Waals surface area contributed by atoms with Crippen molar-refractivity contribution in [1.29, 1.82) is 0 Å². The number of likely N-dealkylation sites (N-methyl/N-ethyl adjacent to an activating group) is 1. The van der Waals surface area contributed by atoms with E-state index in [9.17, 15) is 9.59 Å². The molecular formula is C28H33N5O2. The molecule has 3 N–H and O–H groups in total. The van der Waals surface area contributed by atoms with Gasteiger partial charge in [-0.1, -0.05) is 36.4 Å². The first-order chi connectivity index (χ1) is 16.8. The molecule has 3 aromatic rings. The van der Waals surface area contributed by atoms with Gasteiger partial charge in [0.2, 0.25) is 11.8 Å². The number of benzene rings is 2. The summed E-state index contributed by atoms with van der Waals surface area (Å²) in [6.07, 6.45) is 0.244. The molecule has 1 aliphatic heterocycles. The van der Waals surface area contributed by atoms with Crippen molar-refractivity contribution in [3.63, 3.8) is 0 Å². The first-order valence-corrected chi connectivity index (χ1v) is 12.0. The van der Waals surface area contributed by atoms with Gasteiger partial charge >= 0.3 is 0 Å². The van der Waals surface area contributed by atoms with E-state index in [4.69, 9.17) is 5.73 Å². The fourth-order valence-electron chi connectivity index (χ4n) is 4.51. The Kier molecular flexibility index (Phi) is 7.58. The van der Waals surface area contributed by atoms with Crippen molar-refractivity contribution in [2.75, 3.05) is 31.6 Å². The molecule has 7 nitrogen and oxygen atoms in total. The molecule has 1 aromatic heterocycles. The van der Waals surface area contributed by atoms with Gasteiger partial charge in [0.25, 0.3) is 0 Å². The second-order valence-corrected chi connectivity index (χ2v) is 9.24. The fraction of sp³-hybridized carbons (Fsp3) is 0.321. The Labute approximate surface area is 207 Å². The number of carbonyl (C=O) groups excluding carboxylic acids is 2. The van der Waals surface area contributed by atoms with Gasteiger partial charge in [-0.3, -0.25) is 19.5 Å². The van der Waals surface area contributed by atoms with Gasteiger partial charge in [-0.05, 0) is 49.2 Å². The molecular weight excluding hydrogens is 438 g/mol. The molecule has 1 fully saturated rings. The number of hydrogen-bond donors (Lipinski definition) is 2. The quantitative estimate of drug-likeness (QED) is 0.552. The predicted molar refractivity (Wildman–Crippen MR) is 139 cm³/mol. The predicted octanol–water partition coefficient (Wildman–Crippen LogP) is 3.16. The monoisotopic (exact) mass is 471 g/mol. The van der Waals surface area contributed by atoms with Gasteiger partial charge in [0, 0.05) is 61.8 Å². The van der Waals surface area contributed by atoms with Crippen LogP contribution >= 0.6 is 0 Å². The van der Waals surface area contributed by atoms with Gasteiger partial charge in [0.1, 0.15) is 0 Å². The van der Waals surface area contributed by atoms with Crippen LogP contribution in [0.2, 0.25) is 0 Å². The molecule has 0 saturated carbocycles. The van der Waals surface area contributed by atoms with Crippen molar-refractivity contribution in [2.45, 2.75) is 32.9 Å². The molecule has 182 valence electrons. The highest BCUT2D eigenvalue weighted by Gasteiger charge is 2.18. The van der Waals surface area contributed by atoms with Crippen LogP contribution in [0.4, 0.5) is 5.69 Å². The van der Waals surface area contributed by atoms with Crippen LogP contribution in [0.5, 0.6) is 0 Å². The average molecular weight is 472 g/mol. The number of aromatic nitrogens is 1. The van der Waals surface area contributed by atoms with Gasteiger partial charge in [0.05, 0.1) is 12.1 Å². The number of primary amides is 1. The Morgan fingerprint density at radius 1 is 1.11 bits per heavy atom. The third kappa shape index (κ3) is 5.93. The van der Waals surface area contributed by atoms with E-state index in [2.05, 4.69) is 34.3 Å². The number of pyridine rings is 1. The minimum absolute atomic E-state index is 0.0103. The van der Waals surface area contributed by atoms with E-state index in [1.807, 2.05) is 43.3 Å². The molecule has 0 aliphatic carbocycles. The van der Waals surface area contributed by atoms with Gasteiger partial charge in [-0.2, -0.15) is 0 Å². The largest absolute Gasteiger partial charge is 0.366 e. The number of piperazine rings is 1. The Hall–Kier alpha value is -3.55. The molecule has 1 aliphatic rings. The van der Waals surface area contributed by atoms with Crippen LogP contribution in [-0.4, -0.2) is 54.4 Å². The standard InChI is InChI=1S/C28H33N5O2/c1-19-17-33(15-14-30-19)18-21-8-11-23(12-9-21)32(3)27(34)16-22-10-13-26(31-20(22)2)24-6-4-5-7-25(24)28(29)35/h4-13,19,30H,14-18H2,1-3H3,(H2,29,35)/t19-/m0/s1. The van der Waals surface area contributed by atoms with Crippen LogP contribution in [0.1, 0.15) is 34.1 Å². The number of aryl methyl sites for hydroxylation is 1. The van der Waals surface area contributed by atoms with E-state index in [1.54, 1.807) is 24.1 Å². The summed E-state index contributed by atoms with van der Waals surface area (Å²) < 4.78 is 0. The van der Waals surface area contributed by atoms with E-state index in [1.165, 1.54) is 5.56 Å². The molecule has 2 amide bonds. The zero-order valence-corrected chi connectivity index (χ0v) is 20.6. The van der Waals surface area contributed by atoms with Crippen LogP contribution in [0.3, 0.4) is 0 Å². The fourth-order valence-corrected chi connectivity index (χ4v) is 4.51. The molecule has 0 unspecified atom stereocenters. The Morgan fingerprint density at radius 3 is 2.54 bits per heavy atom. The second-order valence-electron chi connectivity index (χ2n) is 9.24. The lowest BCUT2D eigenvalue weighted by molar-refractivity contribution is -0.117. The second kappa shape index (κ2) is 10.8. The van der Waals surface area contributed by atoms with Crippen molar-refractivity contribution in [1.82, 2.24) is 15.2 Å². The van der Waals surface area contributed by atoms with E-state index in [0.717, 1.165) is 43.1 Å². The van der Waals surface area contributed by atoms with Crippen molar-refractivity contribution in [3.05, 3.63) is 83.0 Å². The summed E-state index contributed by atoms with van der Waals surface area (Å²) in [4.78, 5) is 33.6. The Bertz CT molecular complexity index is 1210. The molecule has 0 radical (unpaired) electrons. The minimum Gasteiger partial charge on any atom is -0.366 e. The average Bonchev–Trinajstić information content (AvgIpc) is 2.85. The van der Waals surface area contributed by atoms with E-state index >= 15 is 0 Å². The van der Waals surface area contributed by atoms with Crippen molar-refractivity contribution in [3.8, 4) is 11.3 Å². The number of rotatable bonds is 7. The third-order valence-electron chi connectivity index (χ3n) is 6.56. The summed E-state index contributed by atoms with van der Waals surface area (Å²) in [7, 11) is 1.80. The molecule has 1 atom stereocenters. The number of anilines is 1. The highest BCUT2D eigenvalue weighted by Crippen LogP contribution is 2.24. The van der Waals surface area contributed by atoms with Crippen LogP contribution in [0.15, 0.2) is 60.7 Å². The molecule has 0 spiro atoms. The Balaban J connectivity index is 1.42. The minimum atomic E-state index is -0.491. The lowest BCUT2D eigenvalue weighted by Gasteiger charge is -2.31. The number of hydrogen-bond acceptors (Lipinski definition) is 5. The molecule has 2 aromatic carbocycles. The molecule has 7 heteroatoms. The van der Waals surface area contributed by atoms with Crippen molar-refractivity contribution >= 4 is 17.5 Å². The van der Waals surface area contributed by atoms with Crippen LogP contribution in [-0.2, 0) is 17.8 Å². The number of amides is 2. The van der Waals surface area contributed by atoms with Crippen LogP contribution in [0.25, 0.3) is 11.3 Å². The topological polar surface area (TPSA) is 91.6 Å². The van der Waals surface area contributed by atoms with Gasteiger partial charge < -0.3 is 16.0 Å². The van der Waals surface area contributed by atoms with E-state index < -0.39 is 5.91 Å². The lowest BCUT2D eigenvalue weighted by Crippen LogP contribution is -2.48. The zero-order valence-electron chi connectivity index (χ0n) is 20.6. The highest BCUT2D eigenvalue weighted by atomic mass is 16.2. The smallest absolute Gasteiger partial charge is 0.249 e. The first-order valence-electron chi connectivity index (χ1n) is 12.0. The summed E-state index contributed by atoms with van der Waals surface area (Å²) in [6.45, 7) is 8.11. The van der Waals surface area contributed by atoms with E-state index in [0.29, 0.717) is 22.9 Å². The maximum absolute atomic E-state index is 13.0. The molecule has 0 bridgehead atoms. The SMILES string of the molecule is Cc1nc(-c2ccccc2C(N)=O)ccc1CC(=O)N(C)c1ccc(CN2CCN[C@@H](C)C2)cc1. The van der Waals surface area contributed by atoms with Crippen molar-refractivity contribution in [2.24, 2.45) is 5.73 Å². The highest BCUT2D eigenvalue weighted by molar-refractivity contribution is 5.99. The Morgan fingerprint density at radius 2 is 1.86 bits per heavy atom. The maximum atomic E-state index is 13.0. The number of nitrogens with one attached hydrogen (secondary N) is 1. The summed E-state index contributed by atoms with van der Waals surface area (Å²) in [6, 6.07) is 19.6. The molecule has 2 heterocycles. The molecule has 35 heavy (non-hydrogen) atoms. The molecule has 1 saturated heterocycles. The van der Waals surface area contributed by atoms with Gasteiger partial charge in [0.15, 0.2) is 0 Å².